The molecule has 0 aliphatic carbocycles. The number of hydrogen-bond acceptors (Lipinski definition) is 4. The van der Waals surface area contributed by atoms with Gasteiger partial charge in [-0.3, -0.25) is 14.8 Å². The van der Waals surface area contributed by atoms with Crippen molar-refractivity contribution in [1.29, 1.82) is 0 Å². The average Bonchev–Trinajstić information content (AvgIpc) is 3.01. The number of nitrogens with one attached hydrogen (secondary N) is 1. The average molecular weight is 292 g/mol. The predicted octanol–water partition coefficient (Wildman–Crippen LogP) is 1.51. The van der Waals surface area contributed by atoms with Crippen molar-refractivity contribution in [2.75, 3.05) is 19.7 Å². The molecule has 2 saturated heterocycles. The maximum atomic E-state index is 12.6. The number of carbonyl (C=O) groups excluding carboxylic acids is 1. The number of nitrogens with zero attached hydrogens (tertiary/aromatic N) is 3. The van der Waals surface area contributed by atoms with Crippen LogP contribution in [0.4, 0.5) is 0 Å². The number of hydrogen-bond donors (Lipinski definition) is 1. The number of aromatic amines is 1. The topological polar surface area (TPSA) is 61.5 Å². The summed E-state index contributed by atoms with van der Waals surface area (Å²) in [5, 5.41) is 6.81. The Morgan fingerprint density at radius 1 is 1.43 bits per heavy atom. The quantitative estimate of drug-likeness (QED) is 0.913. The largest absolute Gasteiger partial charge is 0.477 e. The number of carbonyl (C=O) groups is 1. The number of H-pyrrole nitrogens is 1. The van der Waals surface area contributed by atoms with E-state index in [1.165, 1.54) is 12.8 Å². The van der Waals surface area contributed by atoms with Crippen LogP contribution >= 0.6 is 0 Å². The molecule has 1 N–H and O–H groups in total. The maximum Gasteiger partial charge on any atom is 0.272 e. The van der Waals surface area contributed by atoms with Crippen LogP contribution in [0.25, 0.3) is 0 Å². The first-order valence-electron chi connectivity index (χ1n) is 7.85. The first-order chi connectivity index (χ1) is 10.1. The molecule has 0 radical (unpaired) electrons. The molecule has 6 heteroatoms. The third kappa shape index (κ3) is 2.64. The third-order valence-electron chi connectivity index (χ3n) is 4.50. The van der Waals surface area contributed by atoms with E-state index in [9.17, 15) is 4.79 Å². The van der Waals surface area contributed by atoms with Crippen LogP contribution in [-0.2, 0) is 0 Å². The Bertz CT molecular complexity index is 500. The molecule has 0 aromatic carbocycles. The van der Waals surface area contributed by atoms with Gasteiger partial charge in [0.2, 0.25) is 5.88 Å². The number of rotatable bonds is 4. The van der Waals surface area contributed by atoms with Crippen LogP contribution in [0.15, 0.2) is 6.07 Å². The standard InChI is InChI=1S/C15H24N4O2/c1-4-21-14-7-13(16-17-14)15(20)18-8-11-5-6-12(9-18)19(11)10(2)3/h7,10-12H,4-6,8-9H2,1-3H3,(H,16,17). The minimum absolute atomic E-state index is 0.0359. The molecular weight excluding hydrogens is 268 g/mol. The summed E-state index contributed by atoms with van der Waals surface area (Å²) in [7, 11) is 0. The smallest absolute Gasteiger partial charge is 0.272 e. The van der Waals surface area contributed by atoms with Gasteiger partial charge < -0.3 is 9.64 Å². The zero-order chi connectivity index (χ0) is 15.0. The monoisotopic (exact) mass is 292 g/mol. The maximum absolute atomic E-state index is 12.6. The van der Waals surface area contributed by atoms with Crippen LogP contribution in [0.2, 0.25) is 0 Å². The van der Waals surface area contributed by atoms with E-state index in [4.69, 9.17) is 4.74 Å². The summed E-state index contributed by atoms with van der Waals surface area (Å²) in [5.74, 6) is 0.526. The first-order valence-corrected chi connectivity index (χ1v) is 7.85. The van der Waals surface area contributed by atoms with Crippen LogP contribution in [0, 0.1) is 0 Å². The molecule has 3 heterocycles. The van der Waals surface area contributed by atoms with E-state index in [2.05, 4.69) is 28.9 Å². The van der Waals surface area contributed by atoms with Gasteiger partial charge in [-0.25, -0.2) is 0 Å². The number of fused-ring (bicyclic) bond motifs is 2. The molecule has 1 aromatic heterocycles. The van der Waals surface area contributed by atoms with E-state index >= 15 is 0 Å². The van der Waals surface area contributed by atoms with Crippen molar-refractivity contribution in [3.05, 3.63) is 11.8 Å². The molecule has 6 nitrogen and oxygen atoms in total. The van der Waals surface area contributed by atoms with Crippen molar-refractivity contribution in [2.24, 2.45) is 0 Å². The lowest BCUT2D eigenvalue weighted by atomic mass is 10.1. The van der Waals surface area contributed by atoms with Crippen molar-refractivity contribution in [3.63, 3.8) is 0 Å². The van der Waals surface area contributed by atoms with Crippen molar-refractivity contribution >= 4 is 5.91 Å². The molecule has 0 spiro atoms. The van der Waals surface area contributed by atoms with E-state index in [0.29, 0.717) is 36.3 Å². The molecule has 2 atom stereocenters. The summed E-state index contributed by atoms with van der Waals surface area (Å²) >= 11 is 0. The minimum atomic E-state index is 0.0359. The fraction of sp³-hybridized carbons (Fsp3) is 0.733. The Kier molecular flexibility index (Phi) is 3.89. The van der Waals surface area contributed by atoms with Crippen molar-refractivity contribution in [1.82, 2.24) is 20.0 Å². The fourth-order valence-electron chi connectivity index (χ4n) is 3.75. The molecule has 2 bridgehead atoms. The molecule has 3 rings (SSSR count). The normalized spacial score (nSPS) is 25.6. The lowest BCUT2D eigenvalue weighted by Gasteiger charge is -2.43. The zero-order valence-electron chi connectivity index (χ0n) is 13.0. The lowest BCUT2D eigenvalue weighted by molar-refractivity contribution is 0.0333. The summed E-state index contributed by atoms with van der Waals surface area (Å²) in [4.78, 5) is 17.1. The Balaban J connectivity index is 1.69. The number of piperazine rings is 1. The second-order valence-electron chi connectivity index (χ2n) is 6.19. The number of likely N-dealkylation sites (tertiary alicyclic amines) is 1. The van der Waals surface area contributed by atoms with Crippen LogP contribution in [-0.4, -0.2) is 63.7 Å². The minimum Gasteiger partial charge on any atom is -0.477 e. The summed E-state index contributed by atoms with van der Waals surface area (Å²) in [6.07, 6.45) is 2.39. The van der Waals surface area contributed by atoms with Gasteiger partial charge in [-0.1, -0.05) is 0 Å². The molecule has 116 valence electrons. The Hall–Kier alpha value is -1.56. The Morgan fingerprint density at radius 3 is 2.67 bits per heavy atom. The van der Waals surface area contributed by atoms with Crippen LogP contribution in [0.1, 0.15) is 44.1 Å². The van der Waals surface area contributed by atoms with Crippen molar-refractivity contribution < 1.29 is 9.53 Å². The van der Waals surface area contributed by atoms with E-state index in [0.717, 1.165) is 13.1 Å². The second kappa shape index (κ2) is 5.67. The van der Waals surface area contributed by atoms with Crippen molar-refractivity contribution in [2.45, 2.75) is 51.7 Å². The predicted molar refractivity (Wildman–Crippen MR) is 79.4 cm³/mol. The highest BCUT2D eigenvalue weighted by Gasteiger charge is 2.42. The number of aromatic nitrogens is 2. The molecule has 1 amide bonds. The Labute approximate surface area is 125 Å². The highest BCUT2D eigenvalue weighted by atomic mass is 16.5. The van der Waals surface area contributed by atoms with E-state index in [-0.39, 0.29) is 5.91 Å². The van der Waals surface area contributed by atoms with Crippen LogP contribution in [0.3, 0.4) is 0 Å². The lowest BCUT2D eigenvalue weighted by Crippen LogP contribution is -2.57. The SMILES string of the molecule is CCOc1cc(C(=O)N2CC3CCC(C2)N3C(C)C)[nH]n1. The highest BCUT2D eigenvalue weighted by Crippen LogP contribution is 2.32. The van der Waals surface area contributed by atoms with E-state index in [1.807, 2.05) is 11.8 Å². The van der Waals surface area contributed by atoms with Crippen LogP contribution in [0.5, 0.6) is 5.88 Å². The molecule has 2 fully saturated rings. The van der Waals surface area contributed by atoms with Crippen LogP contribution < -0.4 is 4.74 Å². The van der Waals surface area contributed by atoms with Gasteiger partial charge >= 0.3 is 0 Å². The summed E-state index contributed by atoms with van der Waals surface area (Å²) in [6, 6.07) is 3.25. The molecule has 21 heavy (non-hydrogen) atoms. The van der Waals surface area contributed by atoms with Gasteiger partial charge in [0, 0.05) is 37.3 Å². The van der Waals surface area contributed by atoms with Gasteiger partial charge in [0.1, 0.15) is 5.69 Å². The van der Waals surface area contributed by atoms with Gasteiger partial charge in [0.25, 0.3) is 5.91 Å². The number of amides is 1. The molecular formula is C15H24N4O2. The van der Waals surface area contributed by atoms with E-state index < -0.39 is 0 Å². The summed E-state index contributed by atoms with van der Waals surface area (Å²) in [5.41, 5.74) is 0.524. The van der Waals surface area contributed by atoms with Gasteiger partial charge in [0.15, 0.2) is 0 Å². The first kappa shape index (κ1) is 14.4. The summed E-state index contributed by atoms with van der Waals surface area (Å²) < 4.78 is 5.31. The highest BCUT2D eigenvalue weighted by molar-refractivity contribution is 5.92. The molecule has 1 aromatic rings. The molecule has 0 saturated carbocycles. The van der Waals surface area contributed by atoms with Crippen molar-refractivity contribution in [3.8, 4) is 5.88 Å². The van der Waals surface area contributed by atoms with Gasteiger partial charge in [0.05, 0.1) is 6.61 Å². The number of ether oxygens (including phenoxy) is 1. The van der Waals surface area contributed by atoms with Gasteiger partial charge in [-0.2, -0.15) is 0 Å². The fourth-order valence-corrected chi connectivity index (χ4v) is 3.75. The van der Waals surface area contributed by atoms with Gasteiger partial charge in [-0.05, 0) is 33.6 Å². The van der Waals surface area contributed by atoms with Gasteiger partial charge in [-0.15, -0.1) is 5.10 Å². The Morgan fingerprint density at radius 2 is 2.10 bits per heavy atom. The second-order valence-corrected chi connectivity index (χ2v) is 6.19. The molecule has 2 aliphatic rings. The summed E-state index contributed by atoms with van der Waals surface area (Å²) in [6.45, 7) is 8.57. The van der Waals surface area contributed by atoms with E-state index in [1.54, 1.807) is 6.07 Å². The molecule has 2 aliphatic heterocycles. The third-order valence-corrected chi connectivity index (χ3v) is 4.50. The molecule has 2 unspecified atom stereocenters. The zero-order valence-corrected chi connectivity index (χ0v) is 13.0.